The first kappa shape index (κ1) is 15.3. The predicted octanol–water partition coefficient (Wildman–Crippen LogP) is 3.53. The normalized spacial score (nSPS) is 10.6. The Labute approximate surface area is 132 Å². The SMILES string of the molecule is COc1ccc(Br)cc1C(=O)N/N=C\c1cccc(C)c1. The first-order chi connectivity index (χ1) is 10.1. The average Bonchev–Trinajstić information content (AvgIpc) is 2.47. The standard InChI is InChI=1S/C16H15BrN2O2/c1-11-4-3-5-12(8-11)10-18-19-16(20)14-9-13(17)6-7-15(14)21-2/h3-10H,1-2H3,(H,19,20)/b18-10-. The zero-order valence-electron chi connectivity index (χ0n) is 11.8. The van der Waals surface area contributed by atoms with Crippen molar-refractivity contribution in [2.45, 2.75) is 6.92 Å². The van der Waals surface area contributed by atoms with Gasteiger partial charge in [0.2, 0.25) is 0 Å². The molecule has 21 heavy (non-hydrogen) atoms. The summed E-state index contributed by atoms with van der Waals surface area (Å²) in [6, 6.07) is 13.1. The van der Waals surface area contributed by atoms with Crippen molar-refractivity contribution in [2.24, 2.45) is 5.10 Å². The molecule has 0 radical (unpaired) electrons. The van der Waals surface area contributed by atoms with Crippen LogP contribution >= 0.6 is 15.9 Å². The Hall–Kier alpha value is -2.14. The van der Waals surface area contributed by atoms with Crippen molar-refractivity contribution in [3.05, 3.63) is 63.6 Å². The third-order valence-corrected chi connectivity index (χ3v) is 3.32. The second kappa shape index (κ2) is 7.04. The van der Waals surface area contributed by atoms with E-state index in [1.54, 1.807) is 18.3 Å². The van der Waals surface area contributed by atoms with Gasteiger partial charge in [-0.25, -0.2) is 5.43 Å². The van der Waals surface area contributed by atoms with Crippen LogP contribution in [-0.2, 0) is 0 Å². The van der Waals surface area contributed by atoms with Gasteiger partial charge in [-0.05, 0) is 30.7 Å². The number of halogens is 1. The molecule has 0 saturated heterocycles. The summed E-state index contributed by atoms with van der Waals surface area (Å²) in [6.07, 6.45) is 1.61. The summed E-state index contributed by atoms with van der Waals surface area (Å²) in [4.78, 5) is 12.1. The van der Waals surface area contributed by atoms with Crippen molar-refractivity contribution in [3.63, 3.8) is 0 Å². The van der Waals surface area contributed by atoms with Gasteiger partial charge in [-0.3, -0.25) is 4.79 Å². The molecule has 0 atom stereocenters. The Morgan fingerprint density at radius 3 is 2.81 bits per heavy atom. The molecule has 1 N–H and O–H groups in total. The van der Waals surface area contributed by atoms with Gasteiger partial charge in [0.1, 0.15) is 5.75 Å². The topological polar surface area (TPSA) is 50.7 Å². The molecule has 0 aliphatic carbocycles. The van der Waals surface area contributed by atoms with E-state index in [0.717, 1.165) is 15.6 Å². The molecule has 0 aromatic heterocycles. The highest BCUT2D eigenvalue weighted by atomic mass is 79.9. The Morgan fingerprint density at radius 2 is 2.10 bits per heavy atom. The molecule has 1 amide bonds. The number of hydrogen-bond donors (Lipinski definition) is 1. The highest BCUT2D eigenvalue weighted by Crippen LogP contribution is 2.22. The fourth-order valence-corrected chi connectivity index (χ4v) is 2.19. The van der Waals surface area contributed by atoms with Crippen LogP contribution in [0.3, 0.4) is 0 Å². The van der Waals surface area contributed by atoms with E-state index >= 15 is 0 Å². The molecule has 0 spiro atoms. The first-order valence-electron chi connectivity index (χ1n) is 6.34. The van der Waals surface area contributed by atoms with Crippen LogP contribution in [-0.4, -0.2) is 19.2 Å². The first-order valence-corrected chi connectivity index (χ1v) is 7.13. The zero-order chi connectivity index (χ0) is 15.2. The lowest BCUT2D eigenvalue weighted by atomic mass is 10.2. The number of carbonyl (C=O) groups is 1. The molecule has 2 aromatic rings. The third-order valence-electron chi connectivity index (χ3n) is 2.83. The van der Waals surface area contributed by atoms with E-state index in [0.29, 0.717) is 11.3 Å². The third kappa shape index (κ3) is 4.16. The molecule has 0 heterocycles. The molecule has 0 aliphatic rings. The maximum atomic E-state index is 12.1. The van der Waals surface area contributed by atoms with Crippen molar-refractivity contribution >= 4 is 28.1 Å². The minimum absolute atomic E-state index is 0.322. The van der Waals surface area contributed by atoms with Crippen molar-refractivity contribution < 1.29 is 9.53 Å². The quantitative estimate of drug-likeness (QED) is 0.680. The van der Waals surface area contributed by atoms with Gasteiger partial charge in [-0.15, -0.1) is 0 Å². The van der Waals surface area contributed by atoms with E-state index in [2.05, 4.69) is 26.5 Å². The number of carbonyl (C=O) groups excluding carboxylic acids is 1. The number of amides is 1. The van der Waals surface area contributed by atoms with Crippen LogP contribution < -0.4 is 10.2 Å². The van der Waals surface area contributed by atoms with Crippen LogP contribution in [0.1, 0.15) is 21.5 Å². The van der Waals surface area contributed by atoms with E-state index in [1.807, 2.05) is 37.3 Å². The summed E-state index contributed by atoms with van der Waals surface area (Å²) in [5.41, 5.74) is 4.99. The maximum absolute atomic E-state index is 12.1. The van der Waals surface area contributed by atoms with Crippen molar-refractivity contribution in [3.8, 4) is 5.75 Å². The number of hydrazone groups is 1. The zero-order valence-corrected chi connectivity index (χ0v) is 13.3. The van der Waals surface area contributed by atoms with E-state index in [1.165, 1.54) is 7.11 Å². The highest BCUT2D eigenvalue weighted by Gasteiger charge is 2.11. The van der Waals surface area contributed by atoms with Crippen LogP contribution in [0.15, 0.2) is 52.0 Å². The number of nitrogens with zero attached hydrogens (tertiary/aromatic N) is 1. The molecule has 5 heteroatoms. The Balaban J connectivity index is 2.10. The van der Waals surface area contributed by atoms with Crippen molar-refractivity contribution in [2.75, 3.05) is 7.11 Å². The molecule has 2 rings (SSSR count). The Kier molecular flexibility index (Phi) is 5.11. The fraction of sp³-hybridized carbons (Fsp3) is 0.125. The Bertz CT molecular complexity index is 684. The summed E-state index contributed by atoms with van der Waals surface area (Å²) in [5, 5.41) is 3.97. The summed E-state index contributed by atoms with van der Waals surface area (Å²) < 4.78 is 5.97. The van der Waals surface area contributed by atoms with Crippen molar-refractivity contribution in [1.29, 1.82) is 0 Å². The van der Waals surface area contributed by atoms with E-state index in [4.69, 9.17) is 4.74 Å². The summed E-state index contributed by atoms with van der Waals surface area (Å²) in [7, 11) is 1.52. The number of hydrogen-bond acceptors (Lipinski definition) is 3. The lowest BCUT2D eigenvalue weighted by molar-refractivity contribution is 0.0952. The van der Waals surface area contributed by atoms with Gasteiger partial charge >= 0.3 is 0 Å². The largest absolute Gasteiger partial charge is 0.496 e. The number of rotatable bonds is 4. The molecule has 0 aliphatic heterocycles. The lowest BCUT2D eigenvalue weighted by Crippen LogP contribution is -2.18. The van der Waals surface area contributed by atoms with Gasteiger partial charge < -0.3 is 4.74 Å². The van der Waals surface area contributed by atoms with Gasteiger partial charge in [-0.1, -0.05) is 45.8 Å². The fourth-order valence-electron chi connectivity index (χ4n) is 1.83. The summed E-state index contributed by atoms with van der Waals surface area (Å²) in [5.74, 6) is 0.179. The smallest absolute Gasteiger partial charge is 0.275 e. The van der Waals surface area contributed by atoms with E-state index < -0.39 is 0 Å². The second-order valence-electron chi connectivity index (χ2n) is 4.46. The molecule has 4 nitrogen and oxygen atoms in total. The number of methoxy groups -OCH3 is 1. The van der Waals surface area contributed by atoms with Gasteiger partial charge in [0.15, 0.2) is 0 Å². The summed E-state index contributed by atoms with van der Waals surface area (Å²) in [6.45, 7) is 2.00. The van der Waals surface area contributed by atoms with Crippen LogP contribution in [0.25, 0.3) is 0 Å². The molecule has 0 fully saturated rings. The van der Waals surface area contributed by atoms with E-state index in [-0.39, 0.29) is 5.91 Å². The molecule has 108 valence electrons. The number of aryl methyl sites for hydroxylation is 1. The molecular weight excluding hydrogens is 332 g/mol. The number of benzene rings is 2. The minimum Gasteiger partial charge on any atom is -0.496 e. The lowest BCUT2D eigenvalue weighted by Gasteiger charge is -2.07. The number of nitrogens with one attached hydrogen (secondary N) is 1. The molecule has 0 saturated carbocycles. The Morgan fingerprint density at radius 1 is 1.29 bits per heavy atom. The monoisotopic (exact) mass is 346 g/mol. The predicted molar refractivity (Wildman–Crippen MR) is 86.9 cm³/mol. The van der Waals surface area contributed by atoms with Gasteiger partial charge in [-0.2, -0.15) is 5.10 Å². The molecule has 2 aromatic carbocycles. The van der Waals surface area contributed by atoms with Crippen LogP contribution in [0, 0.1) is 6.92 Å². The minimum atomic E-state index is -0.322. The molecule has 0 bridgehead atoms. The highest BCUT2D eigenvalue weighted by molar-refractivity contribution is 9.10. The van der Waals surface area contributed by atoms with Gasteiger partial charge in [0.05, 0.1) is 18.9 Å². The van der Waals surface area contributed by atoms with Crippen LogP contribution in [0.2, 0.25) is 0 Å². The second-order valence-corrected chi connectivity index (χ2v) is 5.37. The maximum Gasteiger partial charge on any atom is 0.275 e. The average molecular weight is 347 g/mol. The molecule has 0 unspecified atom stereocenters. The van der Waals surface area contributed by atoms with E-state index in [9.17, 15) is 4.79 Å². The molecular formula is C16H15BrN2O2. The van der Waals surface area contributed by atoms with Crippen LogP contribution in [0.4, 0.5) is 0 Å². The van der Waals surface area contributed by atoms with Crippen molar-refractivity contribution in [1.82, 2.24) is 5.43 Å². The summed E-state index contributed by atoms with van der Waals surface area (Å²) >= 11 is 3.33. The van der Waals surface area contributed by atoms with Crippen LogP contribution in [0.5, 0.6) is 5.75 Å². The number of ether oxygens (including phenoxy) is 1. The van der Waals surface area contributed by atoms with Gasteiger partial charge in [0.25, 0.3) is 5.91 Å². The van der Waals surface area contributed by atoms with Gasteiger partial charge in [0, 0.05) is 4.47 Å².